The molecule has 0 aliphatic carbocycles. The number of carbonyl (C=O) groups excluding carboxylic acids is 2. The van der Waals surface area contributed by atoms with Gasteiger partial charge in [0.15, 0.2) is 11.3 Å². The maximum absolute atomic E-state index is 12.5. The van der Waals surface area contributed by atoms with Gasteiger partial charge in [-0.15, -0.1) is 0 Å². The van der Waals surface area contributed by atoms with Gasteiger partial charge in [0.2, 0.25) is 0 Å². The van der Waals surface area contributed by atoms with Gasteiger partial charge in [0.1, 0.15) is 11.4 Å². The first kappa shape index (κ1) is 40.4. The summed E-state index contributed by atoms with van der Waals surface area (Å²) in [6, 6.07) is 0. The average molecular weight is 599 g/mol. The van der Waals surface area contributed by atoms with Crippen LogP contribution >= 0.6 is 8.58 Å². The second-order valence-corrected chi connectivity index (χ2v) is 13.8. The van der Waals surface area contributed by atoms with Gasteiger partial charge in [-0.1, -0.05) is 142 Å². The molecular formula is C35H67O5P. The molecule has 0 aliphatic heterocycles. The summed E-state index contributed by atoms with van der Waals surface area (Å²) in [5, 5.41) is 28.8. The monoisotopic (exact) mass is 598 g/mol. The molecular weight excluding hydrogens is 531 g/mol. The maximum atomic E-state index is 12.5. The molecule has 0 radical (unpaired) electrons. The van der Waals surface area contributed by atoms with E-state index in [1.807, 2.05) is 0 Å². The van der Waals surface area contributed by atoms with Crippen LogP contribution in [0.25, 0.3) is 0 Å². The Morgan fingerprint density at radius 2 is 0.976 bits per heavy atom. The summed E-state index contributed by atoms with van der Waals surface area (Å²) in [5.74, 6) is -0.473. The topological polar surface area (TPSA) is 94.8 Å². The quantitative estimate of drug-likeness (QED) is 0.0407. The lowest BCUT2D eigenvalue weighted by molar-refractivity contribution is -0.138. The fourth-order valence-electron chi connectivity index (χ4n) is 5.22. The SMILES string of the molecule is CCCCCCCCC=CCCCCCCCC(=O)PC(O)(CO)C(O)C(=O)CCCCCCCCCCCCC. The minimum absolute atomic E-state index is 0.174. The molecule has 0 rings (SSSR count). The van der Waals surface area contributed by atoms with Gasteiger partial charge >= 0.3 is 0 Å². The zero-order valence-corrected chi connectivity index (χ0v) is 28.0. The van der Waals surface area contributed by atoms with E-state index in [0.29, 0.717) is 12.8 Å². The van der Waals surface area contributed by atoms with Crippen molar-refractivity contribution >= 4 is 19.9 Å². The summed E-state index contributed by atoms with van der Waals surface area (Å²) in [6.07, 6.45) is 31.7. The second-order valence-electron chi connectivity index (χ2n) is 12.1. The molecule has 0 saturated heterocycles. The van der Waals surface area contributed by atoms with Gasteiger partial charge in [-0.05, 0) is 47.1 Å². The lowest BCUT2D eigenvalue weighted by Gasteiger charge is -2.29. The third-order valence-electron chi connectivity index (χ3n) is 8.05. The fraction of sp³-hybridized carbons (Fsp3) is 0.886. The summed E-state index contributed by atoms with van der Waals surface area (Å²) in [5.41, 5.74) is -0.180. The molecule has 0 aromatic carbocycles. The Kier molecular flexibility index (Phi) is 29.0. The number of hydrogen-bond acceptors (Lipinski definition) is 5. The van der Waals surface area contributed by atoms with E-state index in [-0.39, 0.29) is 11.9 Å². The highest BCUT2D eigenvalue weighted by Crippen LogP contribution is 2.35. The highest BCUT2D eigenvalue weighted by atomic mass is 31.1. The number of rotatable bonds is 32. The minimum Gasteiger partial charge on any atom is -0.393 e. The van der Waals surface area contributed by atoms with E-state index in [1.165, 1.54) is 96.3 Å². The standard InChI is InChI=1S/C35H67O5P/c1-3-5-7-9-11-13-15-16-17-18-20-22-24-26-28-30-33(38)41-35(40,31-36)34(39)32(37)29-27-25-23-21-19-14-12-10-8-6-4-2/h16-17,34,36,39-41H,3-15,18-31H2,1-2H3. The van der Waals surface area contributed by atoms with Crippen LogP contribution in [0.5, 0.6) is 0 Å². The zero-order chi connectivity index (χ0) is 30.4. The Hall–Kier alpha value is -0.610. The summed E-state index contributed by atoms with van der Waals surface area (Å²) < 4.78 is 0. The summed E-state index contributed by atoms with van der Waals surface area (Å²) >= 11 is 0. The number of hydrogen-bond donors (Lipinski definition) is 3. The molecule has 41 heavy (non-hydrogen) atoms. The average Bonchev–Trinajstić information content (AvgIpc) is 2.97. The molecule has 0 fully saturated rings. The van der Waals surface area contributed by atoms with E-state index < -0.39 is 32.4 Å². The molecule has 3 unspecified atom stereocenters. The summed E-state index contributed by atoms with van der Waals surface area (Å²) in [7, 11) is -0.675. The Morgan fingerprint density at radius 1 is 0.610 bits per heavy atom. The van der Waals surface area contributed by atoms with Crippen molar-refractivity contribution in [3.8, 4) is 0 Å². The summed E-state index contributed by atoms with van der Waals surface area (Å²) in [6.45, 7) is 3.70. The minimum atomic E-state index is -2.05. The van der Waals surface area contributed by atoms with Gasteiger partial charge in [-0.2, -0.15) is 0 Å². The van der Waals surface area contributed by atoms with Gasteiger partial charge in [-0.3, -0.25) is 9.59 Å². The second kappa shape index (κ2) is 29.5. The van der Waals surface area contributed by atoms with Crippen molar-refractivity contribution in [3.05, 3.63) is 12.2 Å². The number of carbonyl (C=O) groups is 2. The smallest absolute Gasteiger partial charge is 0.164 e. The van der Waals surface area contributed by atoms with Crippen LogP contribution in [0.1, 0.15) is 181 Å². The van der Waals surface area contributed by atoms with Crippen LogP contribution in [-0.4, -0.2) is 44.7 Å². The van der Waals surface area contributed by atoms with Crippen LogP contribution in [-0.2, 0) is 9.59 Å². The molecule has 242 valence electrons. The molecule has 0 aromatic heterocycles. The van der Waals surface area contributed by atoms with Crippen LogP contribution in [0.4, 0.5) is 0 Å². The molecule has 3 N–H and O–H groups in total. The van der Waals surface area contributed by atoms with Crippen molar-refractivity contribution in [2.45, 2.75) is 192 Å². The Balaban J connectivity index is 3.88. The molecule has 5 nitrogen and oxygen atoms in total. The largest absolute Gasteiger partial charge is 0.393 e. The molecule has 0 saturated carbocycles. The van der Waals surface area contributed by atoms with Gasteiger partial charge in [0, 0.05) is 12.8 Å². The molecule has 0 amide bonds. The van der Waals surface area contributed by atoms with Crippen LogP contribution in [0.15, 0.2) is 12.2 Å². The maximum Gasteiger partial charge on any atom is 0.164 e. The number of Topliss-reactive ketones (excluding diaryl/α,β-unsaturated/α-hetero) is 1. The predicted octanol–water partition coefficient (Wildman–Crippen LogP) is 9.54. The zero-order valence-electron chi connectivity index (χ0n) is 27.0. The third-order valence-corrected chi connectivity index (χ3v) is 9.44. The van der Waals surface area contributed by atoms with Crippen LogP contribution < -0.4 is 0 Å². The molecule has 0 heterocycles. The molecule has 0 spiro atoms. The van der Waals surface area contributed by atoms with E-state index in [1.54, 1.807) is 0 Å². The first-order valence-electron chi connectivity index (χ1n) is 17.4. The molecule has 0 aliphatic rings. The molecule has 0 aromatic rings. The number of ketones is 1. The Morgan fingerprint density at radius 3 is 1.39 bits per heavy atom. The van der Waals surface area contributed by atoms with Crippen molar-refractivity contribution in [1.29, 1.82) is 0 Å². The van der Waals surface area contributed by atoms with Crippen molar-refractivity contribution in [2.75, 3.05) is 6.61 Å². The summed E-state index contributed by atoms with van der Waals surface area (Å²) in [4.78, 5) is 24.9. The van der Waals surface area contributed by atoms with E-state index in [2.05, 4.69) is 26.0 Å². The lowest BCUT2D eigenvalue weighted by atomic mass is 10.0. The van der Waals surface area contributed by atoms with Crippen LogP contribution in [0, 0.1) is 0 Å². The van der Waals surface area contributed by atoms with Gasteiger partial charge in [0.25, 0.3) is 0 Å². The van der Waals surface area contributed by atoms with Crippen molar-refractivity contribution in [1.82, 2.24) is 0 Å². The number of aliphatic hydroxyl groups excluding tert-OH is 2. The highest BCUT2D eigenvalue weighted by Gasteiger charge is 2.41. The fourth-order valence-corrected chi connectivity index (χ4v) is 6.38. The van der Waals surface area contributed by atoms with Crippen molar-refractivity contribution < 1.29 is 24.9 Å². The molecule has 0 bridgehead atoms. The first-order chi connectivity index (χ1) is 19.9. The van der Waals surface area contributed by atoms with Crippen LogP contribution in [0.3, 0.4) is 0 Å². The van der Waals surface area contributed by atoms with Crippen molar-refractivity contribution in [2.24, 2.45) is 0 Å². The van der Waals surface area contributed by atoms with Gasteiger partial charge in [0.05, 0.1) is 6.61 Å². The molecule has 6 heteroatoms. The number of unbranched alkanes of at least 4 members (excludes halogenated alkanes) is 21. The molecule has 3 atom stereocenters. The van der Waals surface area contributed by atoms with E-state index in [4.69, 9.17) is 0 Å². The lowest BCUT2D eigenvalue weighted by Crippen LogP contribution is -2.47. The van der Waals surface area contributed by atoms with Gasteiger partial charge in [-0.25, -0.2) is 0 Å². The Bertz CT molecular complexity index is 638. The predicted molar refractivity (Wildman–Crippen MR) is 177 cm³/mol. The number of allylic oxidation sites excluding steroid dienone is 2. The van der Waals surface area contributed by atoms with Crippen molar-refractivity contribution in [3.63, 3.8) is 0 Å². The number of aliphatic hydroxyl groups is 3. The van der Waals surface area contributed by atoms with E-state index in [0.717, 1.165) is 51.4 Å². The Labute approximate surface area is 255 Å². The third kappa shape index (κ3) is 24.5. The van der Waals surface area contributed by atoms with Gasteiger partial charge < -0.3 is 15.3 Å². The van der Waals surface area contributed by atoms with Crippen LogP contribution in [0.2, 0.25) is 0 Å². The normalized spacial score (nSPS) is 14.3. The highest BCUT2D eigenvalue weighted by molar-refractivity contribution is 7.59. The van der Waals surface area contributed by atoms with E-state index >= 15 is 0 Å². The van der Waals surface area contributed by atoms with E-state index in [9.17, 15) is 24.9 Å². The first-order valence-corrected chi connectivity index (χ1v) is 18.4.